The number of nitrogen functional groups attached to an aromatic ring is 1. The first kappa shape index (κ1) is 14.1. The van der Waals surface area contributed by atoms with Crippen molar-refractivity contribution >= 4 is 11.6 Å². The molecule has 2 N–H and O–H groups in total. The van der Waals surface area contributed by atoms with Crippen LogP contribution in [0.2, 0.25) is 0 Å². The first-order valence-corrected chi connectivity index (χ1v) is 7.96. The maximum Gasteiger partial charge on any atom is 0.253 e. The smallest absolute Gasteiger partial charge is 0.253 e. The highest BCUT2D eigenvalue weighted by molar-refractivity contribution is 5.94. The number of pyridine rings is 1. The quantitative estimate of drug-likeness (QED) is 0.815. The van der Waals surface area contributed by atoms with Crippen molar-refractivity contribution in [3.63, 3.8) is 0 Å². The average Bonchev–Trinajstić information content (AvgIpc) is 2.56. The SMILES string of the molecule is Nc1ccc(C(=O)N2C[C@@H]3C[C@H](C2)c2cccc(=O)n2C3)cc1. The summed E-state index contributed by atoms with van der Waals surface area (Å²) in [5.41, 5.74) is 8.14. The number of piperidine rings is 1. The summed E-state index contributed by atoms with van der Waals surface area (Å²) < 4.78 is 1.88. The van der Waals surface area contributed by atoms with E-state index in [4.69, 9.17) is 5.73 Å². The molecule has 2 bridgehead atoms. The molecular formula is C18H19N3O2. The van der Waals surface area contributed by atoms with Crippen LogP contribution in [0.5, 0.6) is 0 Å². The summed E-state index contributed by atoms with van der Waals surface area (Å²) in [6.45, 7) is 2.08. The molecule has 2 aliphatic heterocycles. The molecule has 1 aromatic carbocycles. The Morgan fingerprint density at radius 3 is 2.61 bits per heavy atom. The van der Waals surface area contributed by atoms with Crippen LogP contribution in [0.1, 0.15) is 28.4 Å². The van der Waals surface area contributed by atoms with Gasteiger partial charge in [0.15, 0.2) is 0 Å². The van der Waals surface area contributed by atoms with Gasteiger partial charge >= 0.3 is 0 Å². The average molecular weight is 309 g/mol. The van der Waals surface area contributed by atoms with Crippen LogP contribution in [0.25, 0.3) is 0 Å². The fraction of sp³-hybridized carbons (Fsp3) is 0.333. The second-order valence-corrected chi connectivity index (χ2v) is 6.53. The zero-order valence-corrected chi connectivity index (χ0v) is 12.8. The molecule has 3 heterocycles. The van der Waals surface area contributed by atoms with Gasteiger partial charge in [0.05, 0.1) is 0 Å². The van der Waals surface area contributed by atoms with Crippen LogP contribution in [0.4, 0.5) is 5.69 Å². The number of nitrogens with two attached hydrogens (primary N) is 1. The number of anilines is 1. The predicted molar refractivity (Wildman–Crippen MR) is 88.3 cm³/mol. The molecule has 0 unspecified atom stereocenters. The monoisotopic (exact) mass is 309 g/mol. The van der Waals surface area contributed by atoms with Crippen molar-refractivity contribution in [2.45, 2.75) is 18.9 Å². The van der Waals surface area contributed by atoms with Crippen LogP contribution < -0.4 is 11.3 Å². The number of carbonyl (C=O) groups excluding carboxylic acids is 1. The molecule has 0 spiro atoms. The van der Waals surface area contributed by atoms with Crippen LogP contribution in [-0.4, -0.2) is 28.5 Å². The van der Waals surface area contributed by atoms with Crippen LogP contribution >= 0.6 is 0 Å². The second kappa shape index (κ2) is 5.26. The van der Waals surface area contributed by atoms with E-state index in [9.17, 15) is 9.59 Å². The minimum atomic E-state index is 0.0476. The molecule has 118 valence electrons. The summed E-state index contributed by atoms with van der Waals surface area (Å²) in [6, 6.07) is 12.5. The Hall–Kier alpha value is -2.56. The van der Waals surface area contributed by atoms with E-state index in [-0.39, 0.29) is 17.4 Å². The maximum atomic E-state index is 12.7. The van der Waals surface area contributed by atoms with Crippen molar-refractivity contribution in [3.8, 4) is 0 Å². The van der Waals surface area contributed by atoms with E-state index in [1.165, 1.54) is 0 Å². The lowest BCUT2D eigenvalue weighted by molar-refractivity contribution is 0.0594. The largest absolute Gasteiger partial charge is 0.399 e. The van der Waals surface area contributed by atoms with E-state index in [1.807, 2.05) is 21.6 Å². The Morgan fingerprint density at radius 2 is 1.83 bits per heavy atom. The van der Waals surface area contributed by atoms with E-state index in [0.717, 1.165) is 12.1 Å². The van der Waals surface area contributed by atoms with Crippen LogP contribution in [0, 0.1) is 5.92 Å². The lowest BCUT2D eigenvalue weighted by Crippen LogP contribution is -2.49. The molecule has 0 saturated carbocycles. The number of carbonyl (C=O) groups is 1. The van der Waals surface area contributed by atoms with Gasteiger partial charge in [0.2, 0.25) is 0 Å². The third kappa shape index (κ3) is 2.42. The number of rotatable bonds is 1. The number of fused-ring (bicyclic) bond motifs is 4. The topological polar surface area (TPSA) is 68.3 Å². The van der Waals surface area contributed by atoms with Crippen LogP contribution in [-0.2, 0) is 6.54 Å². The molecule has 1 amide bonds. The molecule has 1 saturated heterocycles. The van der Waals surface area contributed by atoms with Crippen molar-refractivity contribution < 1.29 is 4.79 Å². The Morgan fingerprint density at radius 1 is 1.04 bits per heavy atom. The van der Waals surface area contributed by atoms with Gasteiger partial charge < -0.3 is 15.2 Å². The maximum absolute atomic E-state index is 12.7. The lowest BCUT2D eigenvalue weighted by Gasteiger charge is -2.42. The van der Waals surface area contributed by atoms with Crippen LogP contribution in [0.3, 0.4) is 0 Å². The van der Waals surface area contributed by atoms with E-state index >= 15 is 0 Å². The molecule has 4 rings (SSSR count). The standard InChI is InChI=1S/C18H19N3O2/c19-15-6-4-13(5-7-15)18(23)20-9-12-8-14(11-20)16-2-1-3-17(22)21(16)10-12/h1-7,12,14H,8-11,19H2/t12-,14+/m0/s1. The van der Waals surface area contributed by atoms with Gasteiger partial charge in [-0.1, -0.05) is 6.07 Å². The second-order valence-electron chi connectivity index (χ2n) is 6.53. The third-order valence-corrected chi connectivity index (χ3v) is 4.92. The van der Waals surface area contributed by atoms with Crippen LogP contribution in [0.15, 0.2) is 47.3 Å². The number of nitrogens with zero attached hydrogens (tertiary/aromatic N) is 2. The van der Waals surface area contributed by atoms with Gasteiger partial charge in [0.25, 0.3) is 11.5 Å². The zero-order valence-electron chi connectivity index (χ0n) is 12.8. The zero-order chi connectivity index (χ0) is 16.0. The number of likely N-dealkylation sites (tertiary alicyclic amines) is 1. The molecular weight excluding hydrogens is 290 g/mol. The number of aromatic nitrogens is 1. The minimum absolute atomic E-state index is 0.0476. The molecule has 1 fully saturated rings. The van der Waals surface area contributed by atoms with Crippen molar-refractivity contribution in [3.05, 3.63) is 64.1 Å². The normalized spacial score (nSPS) is 22.5. The van der Waals surface area contributed by atoms with Crippen molar-refractivity contribution in [2.75, 3.05) is 18.8 Å². The van der Waals surface area contributed by atoms with Gasteiger partial charge in [-0.3, -0.25) is 9.59 Å². The van der Waals surface area contributed by atoms with Gasteiger partial charge in [0, 0.05) is 48.6 Å². The molecule has 5 heteroatoms. The van der Waals surface area contributed by atoms with Crippen molar-refractivity contribution in [1.29, 1.82) is 0 Å². The molecule has 23 heavy (non-hydrogen) atoms. The summed E-state index contributed by atoms with van der Waals surface area (Å²) >= 11 is 0. The molecule has 2 atom stereocenters. The third-order valence-electron chi connectivity index (χ3n) is 4.92. The van der Waals surface area contributed by atoms with E-state index < -0.39 is 0 Å². The summed E-state index contributed by atoms with van der Waals surface area (Å²) in [5, 5.41) is 0. The Kier molecular flexibility index (Phi) is 3.22. The Bertz CT molecular complexity index is 810. The summed E-state index contributed by atoms with van der Waals surface area (Å²) in [7, 11) is 0. The minimum Gasteiger partial charge on any atom is -0.399 e. The number of hydrogen-bond acceptors (Lipinski definition) is 3. The van der Waals surface area contributed by atoms with Crippen molar-refractivity contribution in [2.24, 2.45) is 5.92 Å². The molecule has 1 aromatic heterocycles. The lowest BCUT2D eigenvalue weighted by atomic mass is 9.83. The van der Waals surface area contributed by atoms with Gasteiger partial charge in [-0.25, -0.2) is 0 Å². The van der Waals surface area contributed by atoms with Gasteiger partial charge in [0.1, 0.15) is 0 Å². The summed E-state index contributed by atoms with van der Waals surface area (Å²) in [6.07, 6.45) is 1.05. The molecule has 0 radical (unpaired) electrons. The summed E-state index contributed by atoms with van der Waals surface area (Å²) in [5.74, 6) is 0.639. The predicted octanol–water partition coefficient (Wildman–Crippen LogP) is 1.69. The number of benzene rings is 1. The highest BCUT2D eigenvalue weighted by atomic mass is 16.2. The fourth-order valence-corrected chi connectivity index (χ4v) is 3.87. The van der Waals surface area contributed by atoms with E-state index in [0.29, 0.717) is 36.8 Å². The molecule has 5 nitrogen and oxygen atoms in total. The Labute approximate surface area is 134 Å². The fourth-order valence-electron chi connectivity index (χ4n) is 3.87. The van der Waals surface area contributed by atoms with Crippen molar-refractivity contribution in [1.82, 2.24) is 9.47 Å². The van der Waals surface area contributed by atoms with Gasteiger partial charge in [-0.05, 0) is 42.7 Å². The van der Waals surface area contributed by atoms with E-state index in [2.05, 4.69) is 0 Å². The Balaban J connectivity index is 1.62. The summed E-state index contributed by atoms with van der Waals surface area (Å²) in [4.78, 5) is 26.7. The van der Waals surface area contributed by atoms with Gasteiger partial charge in [-0.2, -0.15) is 0 Å². The molecule has 0 aliphatic carbocycles. The first-order chi connectivity index (χ1) is 11.1. The first-order valence-electron chi connectivity index (χ1n) is 7.96. The van der Waals surface area contributed by atoms with Gasteiger partial charge in [-0.15, -0.1) is 0 Å². The molecule has 2 aromatic rings. The van der Waals surface area contributed by atoms with E-state index in [1.54, 1.807) is 30.3 Å². The number of amides is 1. The highest BCUT2D eigenvalue weighted by Gasteiger charge is 2.36. The highest BCUT2D eigenvalue weighted by Crippen LogP contribution is 2.35. The molecule has 2 aliphatic rings. The number of hydrogen-bond donors (Lipinski definition) is 1.